The Bertz CT molecular complexity index is 743. The molecule has 2 aromatic carbocycles. The molecule has 0 bridgehead atoms. The molecule has 0 aromatic heterocycles. The summed E-state index contributed by atoms with van der Waals surface area (Å²) < 4.78 is 0.956. The van der Waals surface area contributed by atoms with Crippen LogP contribution in [0.1, 0.15) is 12.0 Å². The highest BCUT2D eigenvalue weighted by Gasteiger charge is 2.48. The zero-order chi connectivity index (χ0) is 16.4. The minimum Gasteiger partial charge on any atom is -0.326 e. The van der Waals surface area contributed by atoms with Gasteiger partial charge in [-0.25, -0.2) is 0 Å². The SMILES string of the molecule is Cc1ccccc1NC(=O)C1CC1C(=O)Nc1ccc(Br)cc1. The van der Waals surface area contributed by atoms with Gasteiger partial charge in [0, 0.05) is 15.8 Å². The van der Waals surface area contributed by atoms with E-state index in [4.69, 9.17) is 0 Å². The molecule has 2 N–H and O–H groups in total. The van der Waals surface area contributed by atoms with E-state index in [9.17, 15) is 9.59 Å². The molecule has 2 amide bonds. The second-order valence-corrected chi connectivity index (χ2v) is 6.66. The molecule has 0 spiro atoms. The predicted molar refractivity (Wildman–Crippen MR) is 94.2 cm³/mol. The quantitative estimate of drug-likeness (QED) is 0.852. The Morgan fingerprint density at radius 1 is 0.957 bits per heavy atom. The van der Waals surface area contributed by atoms with Crippen molar-refractivity contribution in [2.45, 2.75) is 13.3 Å². The Hall–Kier alpha value is -2.14. The van der Waals surface area contributed by atoms with Crippen LogP contribution >= 0.6 is 15.9 Å². The van der Waals surface area contributed by atoms with E-state index in [-0.39, 0.29) is 23.7 Å². The number of anilines is 2. The van der Waals surface area contributed by atoms with Crippen molar-refractivity contribution in [3.63, 3.8) is 0 Å². The molecule has 1 fully saturated rings. The number of benzene rings is 2. The number of halogens is 1. The van der Waals surface area contributed by atoms with Crippen LogP contribution in [-0.2, 0) is 9.59 Å². The van der Waals surface area contributed by atoms with Crippen LogP contribution in [-0.4, -0.2) is 11.8 Å². The van der Waals surface area contributed by atoms with Crippen molar-refractivity contribution in [3.8, 4) is 0 Å². The molecule has 0 radical (unpaired) electrons. The number of hydrogen-bond acceptors (Lipinski definition) is 2. The number of nitrogens with one attached hydrogen (secondary N) is 2. The van der Waals surface area contributed by atoms with Crippen molar-refractivity contribution in [3.05, 3.63) is 58.6 Å². The third kappa shape index (κ3) is 3.79. The number of hydrogen-bond donors (Lipinski definition) is 2. The summed E-state index contributed by atoms with van der Waals surface area (Å²) in [5.41, 5.74) is 2.55. The van der Waals surface area contributed by atoms with Gasteiger partial charge in [0.1, 0.15) is 0 Å². The molecule has 0 heterocycles. The lowest BCUT2D eigenvalue weighted by Gasteiger charge is -2.08. The van der Waals surface area contributed by atoms with Crippen molar-refractivity contribution >= 4 is 39.1 Å². The Morgan fingerprint density at radius 2 is 1.57 bits per heavy atom. The summed E-state index contributed by atoms with van der Waals surface area (Å²) in [6.45, 7) is 1.94. The molecular formula is C18H17BrN2O2. The highest BCUT2D eigenvalue weighted by molar-refractivity contribution is 9.10. The van der Waals surface area contributed by atoms with E-state index in [2.05, 4.69) is 26.6 Å². The maximum absolute atomic E-state index is 12.2. The maximum Gasteiger partial charge on any atom is 0.228 e. The molecule has 0 saturated heterocycles. The van der Waals surface area contributed by atoms with E-state index in [0.29, 0.717) is 6.42 Å². The fourth-order valence-corrected chi connectivity index (χ4v) is 2.75. The van der Waals surface area contributed by atoms with Gasteiger partial charge in [0.25, 0.3) is 0 Å². The first-order valence-electron chi connectivity index (χ1n) is 7.47. The Labute approximate surface area is 143 Å². The number of carbonyl (C=O) groups excluding carboxylic acids is 2. The molecule has 5 heteroatoms. The van der Waals surface area contributed by atoms with Crippen molar-refractivity contribution in [2.24, 2.45) is 11.8 Å². The first kappa shape index (κ1) is 15.7. The Kier molecular flexibility index (Phi) is 4.48. The molecule has 118 valence electrons. The van der Waals surface area contributed by atoms with Crippen LogP contribution in [0, 0.1) is 18.8 Å². The van der Waals surface area contributed by atoms with Gasteiger partial charge in [0.05, 0.1) is 11.8 Å². The lowest BCUT2D eigenvalue weighted by molar-refractivity contribution is -0.122. The normalized spacial score (nSPS) is 19.0. The predicted octanol–water partition coefficient (Wildman–Crippen LogP) is 3.97. The van der Waals surface area contributed by atoms with Gasteiger partial charge < -0.3 is 10.6 Å². The average Bonchev–Trinajstić information content (AvgIpc) is 3.32. The average molecular weight is 373 g/mol. The smallest absolute Gasteiger partial charge is 0.228 e. The molecule has 1 aliphatic carbocycles. The van der Waals surface area contributed by atoms with Crippen LogP contribution in [0.3, 0.4) is 0 Å². The van der Waals surface area contributed by atoms with Gasteiger partial charge in [-0.2, -0.15) is 0 Å². The highest BCUT2D eigenvalue weighted by atomic mass is 79.9. The van der Waals surface area contributed by atoms with Crippen LogP contribution < -0.4 is 10.6 Å². The van der Waals surface area contributed by atoms with E-state index < -0.39 is 0 Å². The fraction of sp³-hybridized carbons (Fsp3) is 0.222. The Morgan fingerprint density at radius 3 is 2.22 bits per heavy atom. The monoisotopic (exact) mass is 372 g/mol. The van der Waals surface area contributed by atoms with Crippen LogP contribution in [0.5, 0.6) is 0 Å². The topological polar surface area (TPSA) is 58.2 Å². The zero-order valence-corrected chi connectivity index (χ0v) is 14.3. The number of aryl methyl sites for hydroxylation is 1. The van der Waals surface area contributed by atoms with Gasteiger partial charge in [0.2, 0.25) is 11.8 Å². The summed E-state index contributed by atoms with van der Waals surface area (Å²) in [7, 11) is 0. The van der Waals surface area contributed by atoms with Gasteiger partial charge in [-0.3, -0.25) is 9.59 Å². The molecule has 2 unspecified atom stereocenters. The van der Waals surface area contributed by atoms with Crippen LogP contribution in [0.4, 0.5) is 11.4 Å². The first-order chi connectivity index (χ1) is 11.0. The van der Waals surface area contributed by atoms with E-state index in [1.54, 1.807) is 0 Å². The molecule has 1 saturated carbocycles. The largest absolute Gasteiger partial charge is 0.326 e. The van der Waals surface area contributed by atoms with Crippen LogP contribution in [0.25, 0.3) is 0 Å². The maximum atomic E-state index is 12.2. The van der Waals surface area contributed by atoms with E-state index in [0.717, 1.165) is 21.4 Å². The minimum absolute atomic E-state index is 0.0877. The molecule has 2 atom stereocenters. The summed E-state index contributed by atoms with van der Waals surface area (Å²) in [4.78, 5) is 24.4. The molecule has 4 nitrogen and oxygen atoms in total. The lowest BCUT2D eigenvalue weighted by atomic mass is 10.2. The molecular weight excluding hydrogens is 356 g/mol. The second kappa shape index (κ2) is 6.54. The van der Waals surface area contributed by atoms with Crippen molar-refractivity contribution < 1.29 is 9.59 Å². The van der Waals surface area contributed by atoms with Crippen molar-refractivity contribution in [1.29, 1.82) is 0 Å². The highest BCUT2D eigenvalue weighted by Crippen LogP contribution is 2.40. The summed E-state index contributed by atoms with van der Waals surface area (Å²) in [5.74, 6) is -0.680. The van der Waals surface area contributed by atoms with Gasteiger partial charge >= 0.3 is 0 Å². The summed E-state index contributed by atoms with van der Waals surface area (Å²) >= 11 is 3.35. The van der Waals surface area contributed by atoms with E-state index in [1.807, 2.05) is 55.5 Å². The lowest BCUT2D eigenvalue weighted by Crippen LogP contribution is -2.20. The Balaban J connectivity index is 1.56. The number of amides is 2. The molecule has 0 aliphatic heterocycles. The van der Waals surface area contributed by atoms with E-state index >= 15 is 0 Å². The second-order valence-electron chi connectivity index (χ2n) is 5.75. The standard InChI is InChI=1S/C18H17BrN2O2/c1-11-4-2-3-5-16(11)21-18(23)15-10-14(15)17(22)20-13-8-6-12(19)7-9-13/h2-9,14-15H,10H2,1H3,(H,20,22)(H,21,23). The van der Waals surface area contributed by atoms with Gasteiger partial charge in [0.15, 0.2) is 0 Å². The molecule has 3 rings (SSSR count). The molecule has 1 aliphatic rings. The minimum atomic E-state index is -0.248. The van der Waals surface area contributed by atoms with Crippen LogP contribution in [0.2, 0.25) is 0 Å². The van der Waals surface area contributed by atoms with Gasteiger partial charge in [-0.15, -0.1) is 0 Å². The summed E-state index contributed by atoms with van der Waals surface area (Å²) in [6, 6.07) is 15.0. The molecule has 23 heavy (non-hydrogen) atoms. The fourth-order valence-electron chi connectivity index (χ4n) is 2.48. The zero-order valence-electron chi connectivity index (χ0n) is 12.7. The molecule has 2 aromatic rings. The summed E-state index contributed by atoms with van der Waals surface area (Å²) in [5, 5.41) is 5.75. The van der Waals surface area contributed by atoms with Crippen molar-refractivity contribution in [2.75, 3.05) is 10.6 Å². The number of carbonyl (C=O) groups is 2. The van der Waals surface area contributed by atoms with E-state index in [1.165, 1.54) is 0 Å². The summed E-state index contributed by atoms with van der Waals surface area (Å²) in [6.07, 6.45) is 0.597. The number of para-hydroxylation sites is 1. The first-order valence-corrected chi connectivity index (χ1v) is 8.27. The van der Waals surface area contributed by atoms with Crippen LogP contribution in [0.15, 0.2) is 53.0 Å². The van der Waals surface area contributed by atoms with Gasteiger partial charge in [-0.05, 0) is 49.2 Å². The third-order valence-electron chi connectivity index (χ3n) is 3.98. The number of rotatable bonds is 4. The van der Waals surface area contributed by atoms with Gasteiger partial charge in [-0.1, -0.05) is 34.1 Å². The van der Waals surface area contributed by atoms with Crippen molar-refractivity contribution in [1.82, 2.24) is 0 Å². The third-order valence-corrected chi connectivity index (χ3v) is 4.51.